The van der Waals surface area contributed by atoms with Crippen LogP contribution in [0.1, 0.15) is 33.9 Å². The smallest absolute Gasteiger partial charge is 0.234 e. The average molecular weight is 400 g/mol. The van der Waals surface area contributed by atoms with E-state index in [4.69, 9.17) is 0 Å². The van der Waals surface area contributed by atoms with Gasteiger partial charge in [0, 0.05) is 0 Å². The highest BCUT2D eigenvalue weighted by molar-refractivity contribution is 5.40. The van der Waals surface area contributed by atoms with E-state index in [1.54, 1.807) is 24.3 Å². The van der Waals surface area contributed by atoms with E-state index in [0.29, 0.717) is 23.3 Å². The molecule has 2 unspecified atom stereocenters. The maximum Gasteiger partial charge on any atom is 0.416 e. The van der Waals surface area contributed by atoms with Crippen LogP contribution in [0.15, 0.2) is 42.5 Å². The van der Waals surface area contributed by atoms with Crippen molar-refractivity contribution in [2.75, 3.05) is 0 Å². The maximum absolute atomic E-state index is 13.1. The molecule has 1 fully saturated rings. The van der Waals surface area contributed by atoms with E-state index in [9.17, 15) is 31.6 Å². The third kappa shape index (κ3) is 4.27. The standard InChI is InChI=1S/C18H14F6N4/c19-17(20,21)12-6-10(7-13(8-12)18(22,23)24)5-11-3-1-2-4-14(11)16-15(9-25)26-28-27-16/h1-4,6-8,15-16,26-28H,5H2. The summed E-state index contributed by atoms with van der Waals surface area (Å²) in [6.45, 7) is 0. The fourth-order valence-corrected chi connectivity index (χ4v) is 3.07. The van der Waals surface area contributed by atoms with Gasteiger partial charge in [-0.3, -0.25) is 0 Å². The molecule has 3 rings (SSSR count). The maximum atomic E-state index is 13.1. The highest BCUT2D eigenvalue weighted by Gasteiger charge is 2.37. The summed E-state index contributed by atoms with van der Waals surface area (Å²) in [6, 6.07) is 8.98. The van der Waals surface area contributed by atoms with Crippen LogP contribution in [0.25, 0.3) is 0 Å². The Labute approximate surface area is 156 Å². The molecule has 4 nitrogen and oxygen atoms in total. The minimum atomic E-state index is -4.90. The normalized spacial score (nSPS) is 20.2. The van der Waals surface area contributed by atoms with E-state index >= 15 is 0 Å². The van der Waals surface area contributed by atoms with Crippen LogP contribution < -0.4 is 16.4 Å². The minimum Gasteiger partial charge on any atom is -0.234 e. The van der Waals surface area contributed by atoms with Crippen LogP contribution in [0.4, 0.5) is 26.3 Å². The van der Waals surface area contributed by atoms with Crippen molar-refractivity contribution in [3.8, 4) is 6.07 Å². The first-order valence-electron chi connectivity index (χ1n) is 8.11. The molecule has 2 aromatic carbocycles. The summed E-state index contributed by atoms with van der Waals surface area (Å²) in [5, 5.41) is 9.19. The van der Waals surface area contributed by atoms with Gasteiger partial charge in [-0.25, -0.2) is 10.9 Å². The van der Waals surface area contributed by atoms with Crippen LogP contribution >= 0.6 is 0 Å². The molecule has 28 heavy (non-hydrogen) atoms. The van der Waals surface area contributed by atoms with Crippen LogP contribution in [-0.4, -0.2) is 6.04 Å². The van der Waals surface area contributed by atoms with Crippen LogP contribution in [0.5, 0.6) is 0 Å². The lowest BCUT2D eigenvalue weighted by atomic mass is 9.91. The summed E-state index contributed by atoms with van der Waals surface area (Å²) >= 11 is 0. The molecule has 0 aromatic heterocycles. The zero-order valence-corrected chi connectivity index (χ0v) is 14.1. The predicted molar refractivity (Wildman–Crippen MR) is 87.2 cm³/mol. The first-order chi connectivity index (χ1) is 13.1. The Hall–Kier alpha value is -2.61. The highest BCUT2D eigenvalue weighted by Crippen LogP contribution is 2.37. The van der Waals surface area contributed by atoms with Crippen LogP contribution in [0.3, 0.4) is 0 Å². The second kappa shape index (κ2) is 7.43. The van der Waals surface area contributed by atoms with Crippen molar-refractivity contribution >= 4 is 0 Å². The van der Waals surface area contributed by atoms with Crippen LogP contribution in [-0.2, 0) is 18.8 Å². The van der Waals surface area contributed by atoms with Crippen molar-refractivity contribution < 1.29 is 26.3 Å². The van der Waals surface area contributed by atoms with Gasteiger partial charge in [0.05, 0.1) is 23.2 Å². The van der Waals surface area contributed by atoms with Gasteiger partial charge in [0.2, 0.25) is 0 Å². The summed E-state index contributed by atoms with van der Waals surface area (Å²) in [5.41, 5.74) is 6.39. The number of benzene rings is 2. The van der Waals surface area contributed by atoms with E-state index in [1.807, 2.05) is 6.07 Å². The Morgan fingerprint density at radius 3 is 2.07 bits per heavy atom. The number of alkyl halides is 6. The molecular formula is C18H14F6N4. The van der Waals surface area contributed by atoms with Gasteiger partial charge in [-0.05, 0) is 41.3 Å². The van der Waals surface area contributed by atoms with Crippen molar-refractivity contribution in [1.29, 1.82) is 5.26 Å². The second-order valence-corrected chi connectivity index (χ2v) is 6.29. The zero-order valence-electron chi connectivity index (χ0n) is 14.1. The van der Waals surface area contributed by atoms with Gasteiger partial charge in [0.1, 0.15) is 6.04 Å². The molecule has 2 aromatic rings. The molecule has 0 radical (unpaired) electrons. The number of halogens is 6. The summed E-state index contributed by atoms with van der Waals surface area (Å²) in [6.07, 6.45) is -9.95. The zero-order chi connectivity index (χ0) is 20.5. The molecule has 1 saturated heterocycles. The molecule has 1 aliphatic rings. The summed E-state index contributed by atoms with van der Waals surface area (Å²) in [7, 11) is 0. The molecule has 3 N–H and O–H groups in total. The first-order valence-corrected chi connectivity index (χ1v) is 8.11. The summed E-state index contributed by atoms with van der Waals surface area (Å²) < 4.78 is 78.4. The van der Waals surface area contributed by atoms with Crippen molar-refractivity contribution in [2.24, 2.45) is 0 Å². The average Bonchev–Trinajstić information content (AvgIpc) is 3.09. The van der Waals surface area contributed by atoms with E-state index < -0.39 is 35.6 Å². The largest absolute Gasteiger partial charge is 0.416 e. The molecular weight excluding hydrogens is 386 g/mol. The van der Waals surface area contributed by atoms with Gasteiger partial charge < -0.3 is 0 Å². The van der Waals surface area contributed by atoms with Crippen molar-refractivity contribution in [1.82, 2.24) is 16.4 Å². The van der Waals surface area contributed by atoms with Gasteiger partial charge in [0.15, 0.2) is 0 Å². The predicted octanol–water partition coefficient (Wildman–Crippen LogP) is 3.86. The van der Waals surface area contributed by atoms with Gasteiger partial charge >= 0.3 is 12.4 Å². The molecule has 0 bridgehead atoms. The number of rotatable bonds is 3. The van der Waals surface area contributed by atoms with Gasteiger partial charge in [-0.2, -0.15) is 37.1 Å². The topological polar surface area (TPSA) is 59.9 Å². The monoisotopic (exact) mass is 400 g/mol. The third-order valence-corrected chi connectivity index (χ3v) is 4.36. The van der Waals surface area contributed by atoms with Gasteiger partial charge in [-0.15, -0.1) is 0 Å². The fourth-order valence-electron chi connectivity index (χ4n) is 3.07. The fraction of sp³-hybridized carbons (Fsp3) is 0.278. The number of hydrogen-bond donors (Lipinski definition) is 3. The first kappa shape index (κ1) is 20.1. The Bertz CT molecular complexity index is 868. The molecule has 0 amide bonds. The number of nitrogens with zero attached hydrogens (tertiary/aromatic N) is 1. The number of nitrogens with one attached hydrogen (secondary N) is 3. The number of nitriles is 1. The van der Waals surface area contributed by atoms with Crippen molar-refractivity contribution in [3.63, 3.8) is 0 Å². The summed E-state index contributed by atoms with van der Waals surface area (Å²) in [5.74, 6) is 0. The Balaban J connectivity index is 2.02. The molecule has 1 aliphatic heterocycles. The lowest BCUT2D eigenvalue weighted by Gasteiger charge is -2.18. The minimum absolute atomic E-state index is 0.105. The molecule has 2 atom stereocenters. The quantitative estimate of drug-likeness (QED) is 0.685. The lowest BCUT2D eigenvalue weighted by Crippen LogP contribution is -2.32. The van der Waals surface area contributed by atoms with Gasteiger partial charge in [0.25, 0.3) is 0 Å². The van der Waals surface area contributed by atoms with Crippen molar-refractivity contribution in [3.05, 3.63) is 70.3 Å². The lowest BCUT2D eigenvalue weighted by molar-refractivity contribution is -0.143. The van der Waals surface area contributed by atoms with Crippen LogP contribution in [0.2, 0.25) is 0 Å². The number of hydrogen-bond acceptors (Lipinski definition) is 4. The summed E-state index contributed by atoms with van der Waals surface area (Å²) in [4.78, 5) is 0. The van der Waals surface area contributed by atoms with E-state index in [-0.39, 0.29) is 18.1 Å². The van der Waals surface area contributed by atoms with Gasteiger partial charge in [-0.1, -0.05) is 24.3 Å². The van der Waals surface area contributed by atoms with E-state index in [1.165, 1.54) is 0 Å². The Morgan fingerprint density at radius 1 is 0.893 bits per heavy atom. The second-order valence-electron chi connectivity index (χ2n) is 6.29. The molecule has 1 heterocycles. The molecule has 0 saturated carbocycles. The van der Waals surface area contributed by atoms with Crippen molar-refractivity contribution in [2.45, 2.75) is 30.9 Å². The molecule has 0 spiro atoms. The van der Waals surface area contributed by atoms with E-state index in [0.717, 1.165) is 0 Å². The SMILES string of the molecule is N#CC1NNNC1c1ccccc1Cc1cc(C(F)(F)F)cc(C(F)(F)F)c1. The molecule has 0 aliphatic carbocycles. The highest BCUT2D eigenvalue weighted by atomic mass is 19.4. The molecule has 148 valence electrons. The Kier molecular flexibility index (Phi) is 5.34. The number of hydrazine groups is 2. The molecule has 10 heteroatoms. The van der Waals surface area contributed by atoms with Crippen LogP contribution in [0, 0.1) is 11.3 Å². The van der Waals surface area contributed by atoms with E-state index in [2.05, 4.69) is 16.4 Å². The Morgan fingerprint density at radius 2 is 1.50 bits per heavy atom. The third-order valence-electron chi connectivity index (χ3n) is 4.36.